The average Bonchev–Trinajstić information content (AvgIpc) is 2.95. The van der Waals surface area contributed by atoms with Crippen molar-refractivity contribution in [2.75, 3.05) is 6.61 Å². The monoisotopic (exact) mass is 558 g/mol. The van der Waals surface area contributed by atoms with Gasteiger partial charge in [0.25, 0.3) is 0 Å². The molecule has 0 amide bonds. The van der Waals surface area contributed by atoms with Gasteiger partial charge in [0.1, 0.15) is 17.8 Å². The van der Waals surface area contributed by atoms with Crippen molar-refractivity contribution in [2.45, 2.75) is 161 Å². The third-order valence-corrected chi connectivity index (χ3v) is 11.7. The van der Waals surface area contributed by atoms with Crippen molar-refractivity contribution < 1.29 is 38.0 Å². The third-order valence-electron chi connectivity index (χ3n) is 7.17. The number of hydrogen-bond acceptors (Lipinski definition) is 8. The molecule has 222 valence electrons. The zero-order valence-electron chi connectivity index (χ0n) is 25.9. The molecule has 2 aliphatic heterocycles. The van der Waals surface area contributed by atoms with Gasteiger partial charge < -0.3 is 33.2 Å². The van der Waals surface area contributed by atoms with Crippen LogP contribution in [0.1, 0.15) is 94.9 Å². The van der Waals surface area contributed by atoms with Crippen LogP contribution in [0.25, 0.3) is 0 Å². The molecule has 0 radical (unpaired) electrons. The Kier molecular flexibility index (Phi) is 10.9. The molecule has 2 aliphatic rings. The van der Waals surface area contributed by atoms with E-state index in [1.807, 2.05) is 48.5 Å². The van der Waals surface area contributed by atoms with Crippen LogP contribution in [0.3, 0.4) is 0 Å². The summed E-state index contributed by atoms with van der Waals surface area (Å²) >= 11 is 0. The van der Waals surface area contributed by atoms with E-state index in [1.54, 1.807) is 12.2 Å². The van der Waals surface area contributed by atoms with Crippen LogP contribution in [0.2, 0.25) is 18.1 Å². The van der Waals surface area contributed by atoms with Crippen molar-refractivity contribution >= 4 is 14.3 Å². The standard InChI is InChI=1S/C29H54O8Si/c1-26(2,3)37-25(31)19-24-23(35-29(9,10)36-24)14-13-20(30)17-22-18-21(33-28(7,8)34-22)15-16-32-38(11,12)27(4,5)6/h13-14,20-24,30H,15-19H2,1-12H3/b14-13+/t20-,21-,22+,23+,24+/m0/s1. The van der Waals surface area contributed by atoms with E-state index in [1.165, 1.54) is 0 Å². The molecule has 5 atom stereocenters. The second kappa shape index (κ2) is 12.4. The number of esters is 1. The Balaban J connectivity index is 1.94. The Morgan fingerprint density at radius 2 is 1.58 bits per heavy atom. The van der Waals surface area contributed by atoms with Gasteiger partial charge in [0.15, 0.2) is 19.9 Å². The zero-order chi connectivity index (χ0) is 29.2. The minimum atomic E-state index is -1.82. The Morgan fingerprint density at radius 3 is 2.16 bits per heavy atom. The summed E-state index contributed by atoms with van der Waals surface area (Å²) in [5.74, 6) is -1.91. The predicted octanol–water partition coefficient (Wildman–Crippen LogP) is 5.87. The number of aliphatic hydroxyl groups excluding tert-OH is 1. The van der Waals surface area contributed by atoms with Crippen molar-refractivity contribution in [1.29, 1.82) is 0 Å². The lowest BCUT2D eigenvalue weighted by molar-refractivity contribution is -0.303. The van der Waals surface area contributed by atoms with Crippen LogP contribution in [0.4, 0.5) is 0 Å². The topological polar surface area (TPSA) is 92.7 Å². The van der Waals surface area contributed by atoms with E-state index < -0.39 is 43.8 Å². The van der Waals surface area contributed by atoms with E-state index >= 15 is 0 Å². The maximum atomic E-state index is 12.4. The van der Waals surface area contributed by atoms with Crippen molar-refractivity contribution in [3.63, 3.8) is 0 Å². The fourth-order valence-electron chi connectivity index (χ4n) is 4.52. The third kappa shape index (κ3) is 11.0. The van der Waals surface area contributed by atoms with E-state index in [0.717, 1.165) is 6.42 Å². The van der Waals surface area contributed by atoms with E-state index in [4.69, 9.17) is 28.1 Å². The van der Waals surface area contributed by atoms with Crippen LogP contribution < -0.4 is 0 Å². The molecule has 0 spiro atoms. The lowest BCUT2D eigenvalue weighted by Gasteiger charge is -2.42. The van der Waals surface area contributed by atoms with Crippen LogP contribution in [0.15, 0.2) is 12.2 Å². The lowest BCUT2D eigenvalue weighted by Crippen LogP contribution is -2.46. The first-order valence-corrected chi connectivity index (χ1v) is 16.9. The van der Waals surface area contributed by atoms with Gasteiger partial charge in [-0.1, -0.05) is 32.9 Å². The van der Waals surface area contributed by atoms with Crippen LogP contribution in [-0.2, 0) is 32.9 Å². The van der Waals surface area contributed by atoms with Gasteiger partial charge in [-0.25, -0.2) is 0 Å². The molecule has 1 N–H and O–H groups in total. The maximum absolute atomic E-state index is 12.4. The summed E-state index contributed by atoms with van der Waals surface area (Å²) in [6, 6.07) is 0. The quantitative estimate of drug-likeness (QED) is 0.202. The average molecular weight is 559 g/mol. The normalized spacial score (nSPS) is 29.0. The molecule has 0 bridgehead atoms. The molecule has 2 rings (SSSR count). The molecular formula is C29H54O8Si. The highest BCUT2D eigenvalue weighted by Crippen LogP contribution is 2.37. The van der Waals surface area contributed by atoms with Crippen LogP contribution in [-0.4, -0.2) is 73.7 Å². The number of rotatable bonds is 10. The summed E-state index contributed by atoms with van der Waals surface area (Å²) < 4.78 is 36.0. The van der Waals surface area contributed by atoms with Crippen LogP contribution in [0, 0.1) is 0 Å². The summed E-state index contributed by atoms with van der Waals surface area (Å²) in [6.07, 6.45) is 3.59. The van der Waals surface area contributed by atoms with Crippen molar-refractivity contribution in [3.05, 3.63) is 12.2 Å². The second-order valence-corrected chi connectivity index (χ2v) is 18.9. The highest BCUT2D eigenvalue weighted by atomic mass is 28.4. The predicted molar refractivity (Wildman–Crippen MR) is 150 cm³/mol. The number of hydrogen-bond donors (Lipinski definition) is 1. The molecule has 2 saturated heterocycles. The SMILES string of the molecule is CC(C)(C)OC(=O)C[C@H]1OC(C)(C)O[C@@H]1/C=C/[C@H](O)C[C@@H]1C[C@H](CCO[Si](C)(C)C(C)(C)C)OC(C)(C)O1. The minimum absolute atomic E-state index is 0.00438. The second-order valence-electron chi connectivity index (χ2n) is 14.1. The van der Waals surface area contributed by atoms with E-state index in [2.05, 4.69) is 33.9 Å². The molecule has 0 aromatic heterocycles. The number of carbonyl (C=O) groups is 1. The Bertz CT molecular complexity index is 808. The van der Waals surface area contributed by atoms with Gasteiger partial charge in [-0.3, -0.25) is 4.79 Å². The van der Waals surface area contributed by atoms with Gasteiger partial charge in [-0.15, -0.1) is 0 Å². The first-order chi connectivity index (χ1) is 17.1. The Hall–Kier alpha value is -0.813. The van der Waals surface area contributed by atoms with Gasteiger partial charge in [0, 0.05) is 19.4 Å². The molecule has 0 unspecified atom stereocenters. The van der Waals surface area contributed by atoms with Gasteiger partial charge in [-0.2, -0.15) is 0 Å². The molecule has 2 heterocycles. The summed E-state index contributed by atoms with van der Waals surface area (Å²) in [5, 5.41) is 11.0. The lowest BCUT2D eigenvalue weighted by atomic mass is 10.00. The fraction of sp³-hybridized carbons (Fsp3) is 0.897. The van der Waals surface area contributed by atoms with Gasteiger partial charge in [0.05, 0.1) is 24.7 Å². The highest BCUT2D eigenvalue weighted by molar-refractivity contribution is 6.74. The zero-order valence-corrected chi connectivity index (χ0v) is 26.9. The van der Waals surface area contributed by atoms with Gasteiger partial charge in [0.2, 0.25) is 0 Å². The van der Waals surface area contributed by atoms with Crippen molar-refractivity contribution in [2.24, 2.45) is 0 Å². The summed E-state index contributed by atoms with van der Waals surface area (Å²) in [6.45, 7) is 24.8. The fourth-order valence-corrected chi connectivity index (χ4v) is 5.58. The molecule has 38 heavy (non-hydrogen) atoms. The summed E-state index contributed by atoms with van der Waals surface area (Å²) in [4.78, 5) is 12.4. The highest BCUT2D eigenvalue weighted by Gasteiger charge is 2.42. The Labute approximate surface area is 231 Å². The van der Waals surface area contributed by atoms with Crippen molar-refractivity contribution in [3.8, 4) is 0 Å². The molecule has 2 fully saturated rings. The first kappa shape index (κ1) is 33.4. The summed E-state index contributed by atoms with van der Waals surface area (Å²) in [5.41, 5.74) is -0.570. The first-order valence-electron chi connectivity index (χ1n) is 14.0. The van der Waals surface area contributed by atoms with Crippen molar-refractivity contribution in [1.82, 2.24) is 0 Å². The molecular weight excluding hydrogens is 504 g/mol. The van der Waals surface area contributed by atoms with Gasteiger partial charge >= 0.3 is 5.97 Å². The number of carbonyl (C=O) groups excluding carboxylic acids is 1. The molecule has 9 heteroatoms. The largest absolute Gasteiger partial charge is 0.460 e. The molecule has 0 aromatic rings. The van der Waals surface area contributed by atoms with E-state index in [-0.39, 0.29) is 29.6 Å². The number of aliphatic hydroxyl groups is 1. The molecule has 0 aromatic carbocycles. The molecule has 0 aliphatic carbocycles. The number of ether oxygens (including phenoxy) is 5. The van der Waals surface area contributed by atoms with Crippen LogP contribution in [0.5, 0.6) is 0 Å². The summed E-state index contributed by atoms with van der Waals surface area (Å²) in [7, 11) is -1.82. The van der Waals surface area contributed by atoms with E-state index in [0.29, 0.717) is 19.4 Å². The van der Waals surface area contributed by atoms with Crippen LogP contribution >= 0.6 is 0 Å². The minimum Gasteiger partial charge on any atom is -0.460 e. The molecule has 0 saturated carbocycles. The van der Waals surface area contributed by atoms with E-state index in [9.17, 15) is 9.90 Å². The van der Waals surface area contributed by atoms with Gasteiger partial charge in [-0.05, 0) is 73.0 Å². The Morgan fingerprint density at radius 1 is 1.00 bits per heavy atom. The molecule has 8 nitrogen and oxygen atoms in total. The smallest absolute Gasteiger partial charge is 0.309 e. The maximum Gasteiger partial charge on any atom is 0.309 e.